The van der Waals surface area contributed by atoms with E-state index in [2.05, 4.69) is 27.7 Å². The largest absolute Gasteiger partial charge is 0.219 e. The monoisotopic (exact) mass is 330 g/mol. The van der Waals surface area contributed by atoms with Crippen molar-refractivity contribution in [2.45, 2.75) is 63.2 Å². The Kier molecular flexibility index (Phi) is 5.64. The average Bonchev–Trinajstić information content (AvgIpc) is 2.60. The third-order valence-corrected chi connectivity index (χ3v) is 6.25. The summed E-state index contributed by atoms with van der Waals surface area (Å²) < 4.78 is 25.9. The van der Waals surface area contributed by atoms with Crippen LogP contribution in [0, 0.1) is 0 Å². The Balaban J connectivity index is 2.54. The molecule has 2 aromatic carbocycles. The summed E-state index contributed by atoms with van der Waals surface area (Å²) in [6.07, 6.45) is 3.55. The Morgan fingerprint density at radius 1 is 0.609 bits per heavy atom. The number of hydrogen-bond acceptors (Lipinski definition) is 2. The normalized spacial score (nSPS) is 11.7. The molecule has 0 aliphatic heterocycles. The van der Waals surface area contributed by atoms with Crippen LogP contribution in [-0.2, 0) is 35.5 Å². The SMILES string of the molecule is CCc1ccc(S(=O)(=O)c2ccc(CC)c(CC)c2)cc1CC. The molecule has 3 heteroatoms. The topological polar surface area (TPSA) is 34.1 Å². The van der Waals surface area contributed by atoms with Gasteiger partial charge in [-0.15, -0.1) is 0 Å². The molecule has 0 amide bonds. The van der Waals surface area contributed by atoms with Crippen molar-refractivity contribution in [2.75, 3.05) is 0 Å². The number of aryl methyl sites for hydroxylation is 4. The molecule has 23 heavy (non-hydrogen) atoms. The molecule has 0 radical (unpaired) electrons. The minimum absolute atomic E-state index is 0.401. The van der Waals surface area contributed by atoms with Crippen molar-refractivity contribution in [3.05, 3.63) is 58.7 Å². The van der Waals surface area contributed by atoms with Crippen LogP contribution >= 0.6 is 0 Å². The van der Waals surface area contributed by atoms with E-state index < -0.39 is 9.84 Å². The maximum absolute atomic E-state index is 13.0. The van der Waals surface area contributed by atoms with Crippen LogP contribution in [0.4, 0.5) is 0 Å². The average molecular weight is 330 g/mol. The van der Waals surface area contributed by atoms with E-state index in [0.717, 1.165) is 36.8 Å². The van der Waals surface area contributed by atoms with Gasteiger partial charge in [-0.1, -0.05) is 39.8 Å². The molecule has 0 aliphatic carbocycles. The first-order valence-electron chi connectivity index (χ1n) is 8.46. The summed E-state index contributed by atoms with van der Waals surface area (Å²) in [4.78, 5) is 0.802. The molecule has 0 fully saturated rings. The molecule has 0 bridgehead atoms. The van der Waals surface area contributed by atoms with Gasteiger partial charge in [-0.25, -0.2) is 8.42 Å². The third-order valence-electron chi connectivity index (χ3n) is 4.50. The molecule has 124 valence electrons. The highest BCUT2D eigenvalue weighted by Gasteiger charge is 2.19. The van der Waals surface area contributed by atoms with Gasteiger partial charge < -0.3 is 0 Å². The molecule has 0 spiro atoms. The van der Waals surface area contributed by atoms with E-state index in [9.17, 15) is 8.42 Å². The first kappa shape index (κ1) is 17.7. The maximum atomic E-state index is 13.0. The van der Waals surface area contributed by atoms with E-state index >= 15 is 0 Å². The van der Waals surface area contributed by atoms with E-state index in [1.54, 1.807) is 12.1 Å². The van der Waals surface area contributed by atoms with Gasteiger partial charge in [0.15, 0.2) is 0 Å². The Morgan fingerprint density at radius 3 is 1.26 bits per heavy atom. The van der Waals surface area contributed by atoms with Crippen molar-refractivity contribution in [3.63, 3.8) is 0 Å². The van der Waals surface area contributed by atoms with Gasteiger partial charge in [0.05, 0.1) is 9.79 Å². The van der Waals surface area contributed by atoms with Gasteiger partial charge >= 0.3 is 0 Å². The van der Waals surface area contributed by atoms with Crippen LogP contribution in [0.15, 0.2) is 46.2 Å². The molecule has 0 N–H and O–H groups in total. The number of sulfone groups is 1. The minimum Gasteiger partial charge on any atom is -0.219 e. The van der Waals surface area contributed by atoms with Crippen LogP contribution in [0.25, 0.3) is 0 Å². The molecular weight excluding hydrogens is 304 g/mol. The van der Waals surface area contributed by atoms with E-state index in [0.29, 0.717) is 9.79 Å². The summed E-state index contributed by atoms with van der Waals surface area (Å²) in [6.45, 7) is 8.32. The van der Waals surface area contributed by atoms with Gasteiger partial charge in [-0.3, -0.25) is 0 Å². The lowest BCUT2D eigenvalue weighted by atomic mass is 10.0. The quantitative estimate of drug-likeness (QED) is 0.764. The van der Waals surface area contributed by atoms with Gasteiger partial charge in [0.25, 0.3) is 0 Å². The second kappa shape index (κ2) is 7.31. The molecule has 0 aliphatic rings. The van der Waals surface area contributed by atoms with Crippen molar-refractivity contribution >= 4 is 9.84 Å². The maximum Gasteiger partial charge on any atom is 0.206 e. The van der Waals surface area contributed by atoms with Gasteiger partial charge in [0, 0.05) is 0 Å². The Hall–Kier alpha value is -1.61. The standard InChI is InChI=1S/C20H26O2S/c1-5-15-9-11-19(13-17(15)7-3)23(21,22)20-12-10-16(6-2)18(8-4)14-20/h9-14H,5-8H2,1-4H3. The molecule has 0 unspecified atom stereocenters. The predicted octanol–water partition coefficient (Wildman–Crippen LogP) is 4.77. The van der Waals surface area contributed by atoms with E-state index in [1.807, 2.05) is 24.3 Å². The molecule has 2 nitrogen and oxygen atoms in total. The highest BCUT2D eigenvalue weighted by atomic mass is 32.2. The fourth-order valence-electron chi connectivity index (χ4n) is 3.02. The van der Waals surface area contributed by atoms with Crippen molar-refractivity contribution < 1.29 is 8.42 Å². The van der Waals surface area contributed by atoms with Gasteiger partial charge in [0.1, 0.15) is 0 Å². The number of hydrogen-bond donors (Lipinski definition) is 0. The number of rotatable bonds is 6. The number of benzene rings is 2. The van der Waals surface area contributed by atoms with Crippen molar-refractivity contribution in [2.24, 2.45) is 0 Å². The molecule has 0 heterocycles. The van der Waals surface area contributed by atoms with Gasteiger partial charge in [0.2, 0.25) is 9.84 Å². The fourth-order valence-corrected chi connectivity index (χ4v) is 4.38. The minimum atomic E-state index is -3.45. The summed E-state index contributed by atoms with van der Waals surface area (Å²) in [6, 6.07) is 11.1. The molecule has 0 saturated heterocycles. The predicted molar refractivity (Wildman–Crippen MR) is 95.8 cm³/mol. The first-order chi connectivity index (χ1) is 11.0. The molecule has 0 aromatic heterocycles. The van der Waals surface area contributed by atoms with Gasteiger partial charge in [-0.05, 0) is 72.2 Å². The van der Waals surface area contributed by atoms with Crippen molar-refractivity contribution in [1.82, 2.24) is 0 Å². The van der Waals surface area contributed by atoms with Crippen LogP contribution in [0.3, 0.4) is 0 Å². The van der Waals surface area contributed by atoms with E-state index in [-0.39, 0.29) is 0 Å². The van der Waals surface area contributed by atoms with Crippen LogP contribution in [-0.4, -0.2) is 8.42 Å². The van der Waals surface area contributed by atoms with Crippen LogP contribution < -0.4 is 0 Å². The fraction of sp³-hybridized carbons (Fsp3) is 0.400. The molecule has 0 saturated carbocycles. The summed E-state index contributed by atoms with van der Waals surface area (Å²) in [5.74, 6) is 0. The zero-order chi connectivity index (χ0) is 17.0. The van der Waals surface area contributed by atoms with Crippen molar-refractivity contribution in [3.8, 4) is 0 Å². The zero-order valence-electron chi connectivity index (χ0n) is 14.5. The third kappa shape index (κ3) is 3.50. The van der Waals surface area contributed by atoms with Crippen LogP contribution in [0.1, 0.15) is 49.9 Å². The summed E-state index contributed by atoms with van der Waals surface area (Å²) in [7, 11) is -3.45. The van der Waals surface area contributed by atoms with E-state index in [4.69, 9.17) is 0 Å². The Morgan fingerprint density at radius 2 is 0.957 bits per heavy atom. The van der Waals surface area contributed by atoms with Gasteiger partial charge in [-0.2, -0.15) is 0 Å². The molecular formula is C20H26O2S. The summed E-state index contributed by atoms with van der Waals surface area (Å²) >= 11 is 0. The Bertz CT molecular complexity index is 728. The second-order valence-corrected chi connectivity index (χ2v) is 7.73. The summed E-state index contributed by atoms with van der Waals surface area (Å²) in [5, 5.41) is 0. The highest BCUT2D eigenvalue weighted by Crippen LogP contribution is 2.26. The van der Waals surface area contributed by atoms with E-state index in [1.165, 1.54) is 11.1 Å². The smallest absolute Gasteiger partial charge is 0.206 e. The van der Waals surface area contributed by atoms with Crippen LogP contribution in [0.2, 0.25) is 0 Å². The van der Waals surface area contributed by atoms with Crippen LogP contribution in [0.5, 0.6) is 0 Å². The second-order valence-electron chi connectivity index (χ2n) is 5.78. The summed E-state index contributed by atoms with van der Waals surface area (Å²) in [5.41, 5.74) is 4.69. The first-order valence-corrected chi connectivity index (χ1v) is 9.94. The highest BCUT2D eigenvalue weighted by molar-refractivity contribution is 7.91. The molecule has 2 rings (SSSR count). The lowest BCUT2D eigenvalue weighted by molar-refractivity contribution is 0.595. The zero-order valence-corrected chi connectivity index (χ0v) is 15.3. The molecule has 2 aromatic rings. The van der Waals surface area contributed by atoms with Crippen molar-refractivity contribution in [1.29, 1.82) is 0 Å². The molecule has 0 atom stereocenters. The lowest BCUT2D eigenvalue weighted by Gasteiger charge is -2.12. The lowest BCUT2D eigenvalue weighted by Crippen LogP contribution is -2.05. The Labute approximate surface area is 140 Å².